The second-order valence-electron chi connectivity index (χ2n) is 6.05. The van der Waals surface area contributed by atoms with Gasteiger partial charge in [0.25, 0.3) is 5.91 Å². The van der Waals surface area contributed by atoms with E-state index in [0.29, 0.717) is 38.7 Å². The molecule has 1 N–H and O–H groups in total. The number of ether oxygens (including phenoxy) is 1. The number of thioether (sulfide) groups is 1. The molecule has 3 rings (SSSR count). The number of hydrogen-bond donors (Lipinski definition) is 1. The number of hydrogen-bond acceptors (Lipinski definition) is 3. The van der Waals surface area contributed by atoms with Crippen LogP contribution in [0.1, 0.15) is 22.8 Å². The monoisotopic (exact) mass is 465 g/mol. The quantitative estimate of drug-likeness (QED) is 0.364. The summed E-state index contributed by atoms with van der Waals surface area (Å²) in [6.07, 6.45) is 0. The van der Waals surface area contributed by atoms with Gasteiger partial charge in [-0.2, -0.15) is 0 Å². The van der Waals surface area contributed by atoms with Crippen LogP contribution in [-0.4, -0.2) is 12.5 Å². The van der Waals surface area contributed by atoms with Crippen molar-refractivity contribution in [2.75, 3.05) is 11.9 Å². The lowest BCUT2D eigenvalue weighted by molar-refractivity contribution is 0.102. The summed E-state index contributed by atoms with van der Waals surface area (Å²) in [5.41, 5.74) is 1.91. The first-order valence-corrected chi connectivity index (χ1v) is 11.0. The molecule has 1 amide bonds. The van der Waals surface area contributed by atoms with Gasteiger partial charge in [-0.25, -0.2) is 0 Å². The molecule has 0 fully saturated rings. The highest BCUT2D eigenvalue weighted by molar-refractivity contribution is 7.98. The lowest BCUT2D eigenvalue weighted by Crippen LogP contribution is -2.13. The van der Waals surface area contributed by atoms with Crippen molar-refractivity contribution in [2.24, 2.45) is 0 Å². The minimum Gasteiger partial charge on any atom is -0.494 e. The normalized spacial score (nSPS) is 10.6. The third kappa shape index (κ3) is 5.83. The lowest BCUT2D eigenvalue weighted by atomic mass is 10.1. The molecule has 0 saturated carbocycles. The third-order valence-corrected chi connectivity index (χ3v) is 6.16. The van der Waals surface area contributed by atoms with Gasteiger partial charge in [0.05, 0.1) is 22.3 Å². The van der Waals surface area contributed by atoms with Gasteiger partial charge >= 0.3 is 0 Å². The summed E-state index contributed by atoms with van der Waals surface area (Å²) in [4.78, 5) is 13.8. The van der Waals surface area contributed by atoms with Crippen LogP contribution in [0, 0.1) is 0 Å². The standard InChI is InChI=1S/C22H18Cl3NO2S/c1-2-28-20-11-6-14(22(27)26-19-5-3-4-18(24)21(19)25)12-15(20)13-29-17-9-7-16(23)8-10-17/h3-12H,2,13H2,1H3,(H,26,27). The number of halogens is 3. The SMILES string of the molecule is CCOc1ccc(C(=O)Nc2cccc(Cl)c2Cl)cc1CSc1ccc(Cl)cc1. The number of carbonyl (C=O) groups is 1. The number of benzene rings is 3. The fourth-order valence-electron chi connectivity index (χ4n) is 2.62. The highest BCUT2D eigenvalue weighted by Gasteiger charge is 2.13. The summed E-state index contributed by atoms with van der Waals surface area (Å²) in [6, 6.07) is 18.1. The lowest BCUT2D eigenvalue weighted by Gasteiger charge is -2.13. The van der Waals surface area contributed by atoms with Crippen molar-refractivity contribution in [1.82, 2.24) is 0 Å². The summed E-state index contributed by atoms with van der Waals surface area (Å²) < 4.78 is 5.73. The highest BCUT2D eigenvalue weighted by Crippen LogP contribution is 2.32. The first-order valence-electron chi connectivity index (χ1n) is 8.87. The average molecular weight is 467 g/mol. The van der Waals surface area contributed by atoms with E-state index >= 15 is 0 Å². The number of amides is 1. The molecule has 0 radical (unpaired) electrons. The van der Waals surface area contributed by atoms with Crippen LogP contribution in [-0.2, 0) is 5.75 Å². The Bertz CT molecular complexity index is 1010. The van der Waals surface area contributed by atoms with Crippen molar-refractivity contribution < 1.29 is 9.53 Å². The zero-order valence-corrected chi connectivity index (χ0v) is 18.6. The Hall–Kier alpha value is -1.85. The Balaban J connectivity index is 1.80. The van der Waals surface area contributed by atoms with E-state index in [9.17, 15) is 4.79 Å². The van der Waals surface area contributed by atoms with Crippen LogP contribution in [0.3, 0.4) is 0 Å². The summed E-state index contributed by atoms with van der Waals surface area (Å²) in [7, 11) is 0. The molecule has 0 atom stereocenters. The van der Waals surface area contributed by atoms with Gasteiger partial charge in [-0.05, 0) is 61.5 Å². The average Bonchev–Trinajstić information content (AvgIpc) is 2.72. The van der Waals surface area contributed by atoms with Gasteiger partial charge < -0.3 is 10.1 Å². The van der Waals surface area contributed by atoms with Crippen molar-refractivity contribution in [3.05, 3.63) is 86.9 Å². The zero-order valence-electron chi connectivity index (χ0n) is 15.5. The Morgan fingerprint density at radius 1 is 1.03 bits per heavy atom. The highest BCUT2D eigenvalue weighted by atomic mass is 35.5. The minimum atomic E-state index is -0.269. The Kier molecular flexibility index (Phi) is 7.73. The largest absolute Gasteiger partial charge is 0.494 e. The van der Waals surface area contributed by atoms with Crippen LogP contribution < -0.4 is 10.1 Å². The Labute approximate surface area is 189 Å². The first-order chi connectivity index (χ1) is 14.0. The van der Waals surface area contributed by atoms with Crippen LogP contribution >= 0.6 is 46.6 Å². The smallest absolute Gasteiger partial charge is 0.255 e. The van der Waals surface area contributed by atoms with Crippen LogP contribution in [0.5, 0.6) is 5.75 Å². The van der Waals surface area contributed by atoms with Crippen LogP contribution in [0.25, 0.3) is 0 Å². The molecule has 3 nitrogen and oxygen atoms in total. The van der Waals surface area contributed by atoms with Gasteiger partial charge in [0.2, 0.25) is 0 Å². The summed E-state index contributed by atoms with van der Waals surface area (Å²) in [6.45, 7) is 2.47. The molecule has 0 aromatic heterocycles. The summed E-state index contributed by atoms with van der Waals surface area (Å²) >= 11 is 19.8. The van der Waals surface area contributed by atoms with Gasteiger partial charge in [0.15, 0.2) is 0 Å². The van der Waals surface area contributed by atoms with Gasteiger partial charge in [0.1, 0.15) is 5.75 Å². The fraction of sp³-hybridized carbons (Fsp3) is 0.136. The van der Waals surface area contributed by atoms with E-state index in [1.165, 1.54) is 0 Å². The maximum Gasteiger partial charge on any atom is 0.255 e. The third-order valence-electron chi connectivity index (χ3n) is 4.03. The van der Waals surface area contributed by atoms with Crippen molar-refractivity contribution >= 4 is 58.2 Å². The minimum absolute atomic E-state index is 0.269. The molecule has 0 bridgehead atoms. The van der Waals surface area contributed by atoms with Gasteiger partial charge in [-0.15, -0.1) is 11.8 Å². The molecule has 3 aromatic carbocycles. The van der Waals surface area contributed by atoms with E-state index in [1.54, 1.807) is 36.0 Å². The van der Waals surface area contributed by atoms with E-state index in [1.807, 2.05) is 43.3 Å². The second kappa shape index (κ2) is 10.3. The number of rotatable bonds is 7. The molecule has 0 spiro atoms. The van der Waals surface area contributed by atoms with E-state index in [4.69, 9.17) is 39.5 Å². The van der Waals surface area contributed by atoms with Crippen LogP contribution in [0.2, 0.25) is 15.1 Å². The molecular weight excluding hydrogens is 449 g/mol. The molecule has 0 aliphatic rings. The first kappa shape index (κ1) is 21.8. The van der Waals surface area contributed by atoms with E-state index < -0.39 is 0 Å². The molecular formula is C22H18Cl3NO2S. The van der Waals surface area contributed by atoms with E-state index in [2.05, 4.69) is 5.32 Å². The maximum absolute atomic E-state index is 12.7. The van der Waals surface area contributed by atoms with Gasteiger partial charge in [-0.3, -0.25) is 4.79 Å². The van der Waals surface area contributed by atoms with Crippen LogP contribution in [0.15, 0.2) is 65.6 Å². The number of anilines is 1. The molecule has 0 aliphatic heterocycles. The topological polar surface area (TPSA) is 38.3 Å². The molecule has 3 aromatic rings. The Morgan fingerprint density at radius 3 is 2.52 bits per heavy atom. The molecule has 7 heteroatoms. The summed E-state index contributed by atoms with van der Waals surface area (Å²) in [5.74, 6) is 1.14. The number of carbonyl (C=O) groups excluding carboxylic acids is 1. The van der Waals surface area contributed by atoms with Gasteiger partial charge in [0, 0.05) is 26.8 Å². The molecule has 0 aliphatic carbocycles. The van der Waals surface area contributed by atoms with Gasteiger partial charge in [-0.1, -0.05) is 40.9 Å². The van der Waals surface area contributed by atoms with Crippen molar-refractivity contribution in [3.63, 3.8) is 0 Å². The second-order valence-corrected chi connectivity index (χ2v) is 8.32. The van der Waals surface area contributed by atoms with Crippen molar-refractivity contribution in [1.29, 1.82) is 0 Å². The molecule has 29 heavy (non-hydrogen) atoms. The van der Waals surface area contributed by atoms with Crippen molar-refractivity contribution in [2.45, 2.75) is 17.6 Å². The fourth-order valence-corrected chi connectivity index (χ4v) is 3.97. The molecule has 0 unspecified atom stereocenters. The van der Waals surface area contributed by atoms with E-state index in [-0.39, 0.29) is 5.91 Å². The number of nitrogens with one attached hydrogen (secondary N) is 1. The molecule has 150 valence electrons. The summed E-state index contributed by atoms with van der Waals surface area (Å²) in [5, 5.41) is 4.20. The predicted molar refractivity (Wildman–Crippen MR) is 123 cm³/mol. The molecule has 0 saturated heterocycles. The predicted octanol–water partition coefficient (Wildman–Crippen LogP) is 7.59. The van der Waals surface area contributed by atoms with E-state index in [0.717, 1.165) is 16.2 Å². The van der Waals surface area contributed by atoms with Crippen LogP contribution in [0.4, 0.5) is 5.69 Å². The Morgan fingerprint density at radius 2 is 1.79 bits per heavy atom. The van der Waals surface area contributed by atoms with Crippen molar-refractivity contribution in [3.8, 4) is 5.75 Å². The maximum atomic E-state index is 12.7. The zero-order chi connectivity index (χ0) is 20.8. The molecule has 0 heterocycles.